The first-order valence-electron chi connectivity index (χ1n) is 14.0. The molecule has 2 aromatic rings. The van der Waals surface area contributed by atoms with Crippen molar-refractivity contribution in [3.05, 3.63) is 71.8 Å². The molecular formula is C31H48O4Sn. The van der Waals surface area contributed by atoms with E-state index in [2.05, 4.69) is 18.7 Å². The van der Waals surface area contributed by atoms with Gasteiger partial charge in [0.1, 0.15) is 13.2 Å². The molecule has 0 heterocycles. The van der Waals surface area contributed by atoms with Crippen LogP contribution in [0.25, 0.3) is 0 Å². The third-order valence-electron chi connectivity index (χ3n) is 5.81. The van der Waals surface area contributed by atoms with E-state index in [0.717, 1.165) is 11.1 Å². The number of hydrogen-bond acceptors (Lipinski definition) is 4. The van der Waals surface area contributed by atoms with E-state index >= 15 is 0 Å². The second-order valence-corrected chi connectivity index (χ2v) is 13.4. The van der Waals surface area contributed by atoms with Gasteiger partial charge in [0.15, 0.2) is 0 Å². The Balaban J connectivity index is 0.000000363. The third kappa shape index (κ3) is 20.6. The number of rotatable bonds is 19. The van der Waals surface area contributed by atoms with Crippen molar-refractivity contribution in [2.75, 3.05) is 0 Å². The number of unbranched alkanes of at least 4 members (excludes halogenated alkanes) is 10. The van der Waals surface area contributed by atoms with E-state index in [1.54, 1.807) is 21.7 Å². The summed E-state index contributed by atoms with van der Waals surface area (Å²) in [6.45, 7) is 4.96. The maximum Gasteiger partial charge on any atom is 0.540 e. The molecular weight excluding hydrogens is 555 g/mol. The van der Waals surface area contributed by atoms with Gasteiger partial charge in [-0.05, 0) is 11.1 Å². The fourth-order valence-electron chi connectivity index (χ4n) is 3.65. The van der Waals surface area contributed by atoms with Crippen molar-refractivity contribution in [3.8, 4) is 0 Å². The fourth-order valence-corrected chi connectivity index (χ4v) is 7.21. The summed E-state index contributed by atoms with van der Waals surface area (Å²) in [7, 11) is 0. The van der Waals surface area contributed by atoms with E-state index in [1.807, 2.05) is 60.7 Å². The SMILES string of the molecule is CCCCCCC[CH2][Sn][CH2]CCCCCCC.O=C(OCc1ccccc1)OOCc1ccccc1. The van der Waals surface area contributed by atoms with E-state index in [-0.39, 0.29) is 34.4 Å². The Hall–Kier alpha value is -1.53. The molecule has 0 unspecified atom stereocenters. The summed E-state index contributed by atoms with van der Waals surface area (Å²) in [4.78, 5) is 20.5. The van der Waals surface area contributed by atoms with Crippen LogP contribution in [0.3, 0.4) is 0 Å². The van der Waals surface area contributed by atoms with Gasteiger partial charge in [0, 0.05) is 0 Å². The monoisotopic (exact) mass is 604 g/mol. The minimum atomic E-state index is -0.847. The van der Waals surface area contributed by atoms with Gasteiger partial charge in [-0.3, -0.25) is 4.89 Å². The van der Waals surface area contributed by atoms with Gasteiger partial charge in [-0.2, -0.15) is 4.89 Å². The summed E-state index contributed by atoms with van der Waals surface area (Å²) in [5.41, 5.74) is 1.81. The summed E-state index contributed by atoms with van der Waals surface area (Å²) in [6.07, 6.45) is 17.0. The van der Waals surface area contributed by atoms with Crippen molar-refractivity contribution >= 4 is 27.3 Å². The first-order valence-corrected chi connectivity index (χ1v) is 18.0. The van der Waals surface area contributed by atoms with Crippen molar-refractivity contribution in [1.82, 2.24) is 0 Å². The van der Waals surface area contributed by atoms with Gasteiger partial charge in [0.2, 0.25) is 0 Å². The maximum absolute atomic E-state index is 11.2. The van der Waals surface area contributed by atoms with E-state index < -0.39 is 6.16 Å². The van der Waals surface area contributed by atoms with E-state index in [0.29, 0.717) is 0 Å². The molecule has 0 aliphatic rings. The molecule has 0 fully saturated rings. The largest absolute Gasteiger partial charge is 0.540 e. The Morgan fingerprint density at radius 3 is 1.56 bits per heavy atom. The number of carbonyl (C=O) groups is 1. The average molecular weight is 603 g/mol. The van der Waals surface area contributed by atoms with Gasteiger partial charge in [-0.15, -0.1) is 0 Å². The number of hydrogen-bond donors (Lipinski definition) is 0. The van der Waals surface area contributed by atoms with Crippen molar-refractivity contribution in [3.63, 3.8) is 0 Å². The topological polar surface area (TPSA) is 44.8 Å². The number of ether oxygens (including phenoxy) is 1. The van der Waals surface area contributed by atoms with Gasteiger partial charge < -0.3 is 4.74 Å². The molecule has 0 aromatic heterocycles. The molecule has 0 saturated heterocycles. The Morgan fingerprint density at radius 1 is 0.611 bits per heavy atom. The van der Waals surface area contributed by atoms with Crippen LogP contribution in [-0.4, -0.2) is 27.3 Å². The van der Waals surface area contributed by atoms with Crippen LogP contribution >= 0.6 is 0 Å². The van der Waals surface area contributed by atoms with Crippen LogP contribution in [0.15, 0.2) is 60.7 Å². The van der Waals surface area contributed by atoms with Crippen molar-refractivity contribution in [2.24, 2.45) is 0 Å². The number of carbonyl (C=O) groups excluding carboxylic acids is 1. The molecule has 0 aliphatic heterocycles. The zero-order chi connectivity index (χ0) is 25.9. The number of benzene rings is 2. The molecule has 0 spiro atoms. The molecule has 0 atom stereocenters. The first kappa shape index (κ1) is 32.5. The Bertz CT molecular complexity index is 710. The molecule has 0 amide bonds. The van der Waals surface area contributed by atoms with Crippen LogP contribution in [0.5, 0.6) is 0 Å². The zero-order valence-corrected chi connectivity index (χ0v) is 25.6. The molecule has 36 heavy (non-hydrogen) atoms. The van der Waals surface area contributed by atoms with Crippen LogP contribution in [-0.2, 0) is 27.7 Å². The van der Waals surface area contributed by atoms with Crippen LogP contribution in [0.2, 0.25) is 8.87 Å². The van der Waals surface area contributed by atoms with Crippen LogP contribution in [0, 0.1) is 0 Å². The molecule has 0 saturated carbocycles. The van der Waals surface area contributed by atoms with Crippen LogP contribution in [0.1, 0.15) is 102 Å². The summed E-state index contributed by atoms with van der Waals surface area (Å²) < 4.78 is 8.19. The Morgan fingerprint density at radius 2 is 1.06 bits per heavy atom. The van der Waals surface area contributed by atoms with Crippen molar-refractivity contribution in [1.29, 1.82) is 0 Å². The van der Waals surface area contributed by atoms with Gasteiger partial charge in [0.25, 0.3) is 0 Å². The van der Waals surface area contributed by atoms with Gasteiger partial charge in [0.05, 0.1) is 0 Å². The zero-order valence-electron chi connectivity index (χ0n) is 22.7. The van der Waals surface area contributed by atoms with E-state index in [1.165, 1.54) is 64.2 Å². The molecule has 2 rings (SSSR count). The normalized spacial score (nSPS) is 10.4. The predicted molar refractivity (Wildman–Crippen MR) is 151 cm³/mol. The average Bonchev–Trinajstić information content (AvgIpc) is 2.92. The second kappa shape index (κ2) is 25.1. The molecule has 4 nitrogen and oxygen atoms in total. The summed E-state index contributed by atoms with van der Waals surface area (Å²) in [6, 6.07) is 18.8. The molecule has 5 heteroatoms. The summed E-state index contributed by atoms with van der Waals surface area (Å²) in [5, 5.41) is 0. The second-order valence-electron chi connectivity index (χ2n) is 9.14. The molecule has 2 aromatic carbocycles. The summed E-state index contributed by atoms with van der Waals surface area (Å²) in [5.74, 6) is 0. The standard InChI is InChI=1S/C15H14O4.2C8H17.Sn/c16-15(17-11-13-7-3-1-4-8-13)19-18-12-14-9-5-2-6-10-14;2*1-3-5-7-8-6-4-2;/h1-10H,11-12H2;2*1,3-8H2,2H3;. The fraction of sp³-hybridized carbons (Fsp3) is 0.581. The summed E-state index contributed by atoms with van der Waals surface area (Å²) >= 11 is 0.0736. The quantitative estimate of drug-likeness (QED) is 0.0527. The maximum atomic E-state index is 11.2. The van der Waals surface area contributed by atoms with Gasteiger partial charge >= 0.3 is 127 Å². The van der Waals surface area contributed by atoms with Crippen molar-refractivity contribution in [2.45, 2.75) is 113 Å². The van der Waals surface area contributed by atoms with Crippen LogP contribution in [0.4, 0.5) is 4.79 Å². The van der Waals surface area contributed by atoms with Crippen LogP contribution < -0.4 is 0 Å². The molecule has 200 valence electrons. The third-order valence-corrected chi connectivity index (χ3v) is 9.85. The molecule has 0 N–H and O–H groups in total. The van der Waals surface area contributed by atoms with Gasteiger partial charge in [-0.1, -0.05) is 60.7 Å². The first-order chi connectivity index (χ1) is 17.8. The minimum Gasteiger partial charge on any atom is -0.427 e. The van der Waals surface area contributed by atoms with Crippen molar-refractivity contribution < 1.29 is 19.3 Å². The predicted octanol–water partition coefficient (Wildman–Crippen LogP) is 9.72. The minimum absolute atomic E-state index is 0.0736. The van der Waals surface area contributed by atoms with E-state index in [4.69, 9.17) is 9.62 Å². The van der Waals surface area contributed by atoms with Gasteiger partial charge in [-0.25, -0.2) is 4.79 Å². The molecule has 2 radical (unpaired) electrons. The van der Waals surface area contributed by atoms with E-state index in [9.17, 15) is 4.79 Å². The smallest absolute Gasteiger partial charge is 0.427 e. The molecule has 0 bridgehead atoms. The Labute approximate surface area is 230 Å². The molecule has 0 aliphatic carbocycles. The Kier molecular flexibility index (Phi) is 22.7.